The van der Waals surface area contributed by atoms with Gasteiger partial charge in [-0.1, -0.05) is 6.07 Å². The lowest BCUT2D eigenvalue weighted by molar-refractivity contribution is -0.137. The minimum absolute atomic E-state index is 0.0414. The number of hydrazine groups is 1. The summed E-state index contributed by atoms with van der Waals surface area (Å²) in [5.74, 6) is 1.16. The minimum Gasteiger partial charge on any atom is -0.273 e. The van der Waals surface area contributed by atoms with Crippen LogP contribution in [0.2, 0.25) is 0 Å². The van der Waals surface area contributed by atoms with Crippen LogP contribution in [-0.4, -0.2) is 11.8 Å². The third-order valence-electron chi connectivity index (χ3n) is 6.47. The first-order valence-corrected chi connectivity index (χ1v) is 9.49. The van der Waals surface area contributed by atoms with Crippen LogP contribution in [0.3, 0.4) is 0 Å². The van der Waals surface area contributed by atoms with Gasteiger partial charge in [-0.3, -0.25) is 20.4 Å². The van der Waals surface area contributed by atoms with Crippen LogP contribution < -0.4 is 10.9 Å². The summed E-state index contributed by atoms with van der Waals surface area (Å²) in [6.07, 6.45) is 2.95. The Labute approximate surface area is 155 Å². The fourth-order valence-electron chi connectivity index (χ4n) is 5.93. The highest BCUT2D eigenvalue weighted by atomic mass is 19.4. The molecule has 0 unspecified atom stereocenters. The summed E-state index contributed by atoms with van der Waals surface area (Å²) in [5, 5.41) is 0. The van der Waals surface area contributed by atoms with Crippen LogP contribution in [0.5, 0.6) is 0 Å². The van der Waals surface area contributed by atoms with E-state index in [1.165, 1.54) is 31.4 Å². The zero-order valence-corrected chi connectivity index (χ0v) is 14.9. The van der Waals surface area contributed by atoms with E-state index in [-0.39, 0.29) is 16.9 Å². The van der Waals surface area contributed by atoms with Gasteiger partial charge in [-0.05, 0) is 79.9 Å². The van der Waals surface area contributed by atoms with Gasteiger partial charge in [0.25, 0.3) is 5.91 Å². The average molecular weight is 380 g/mol. The summed E-state index contributed by atoms with van der Waals surface area (Å²) in [6.45, 7) is 0. The molecule has 7 heteroatoms. The van der Waals surface area contributed by atoms with Crippen molar-refractivity contribution in [2.45, 2.75) is 51.1 Å². The molecular weight excluding hydrogens is 357 g/mol. The number of halogens is 3. The third kappa shape index (κ3) is 3.82. The second-order valence-electron chi connectivity index (χ2n) is 8.68. The number of benzene rings is 1. The number of hydrogen-bond donors (Lipinski definition) is 2. The van der Waals surface area contributed by atoms with Gasteiger partial charge in [0.2, 0.25) is 5.91 Å². The van der Waals surface area contributed by atoms with Gasteiger partial charge in [-0.25, -0.2) is 0 Å². The Morgan fingerprint density at radius 1 is 1.00 bits per heavy atom. The molecule has 4 bridgehead atoms. The second kappa shape index (κ2) is 6.53. The first-order valence-electron chi connectivity index (χ1n) is 9.49. The maximum atomic E-state index is 12.8. The molecule has 5 rings (SSSR count). The van der Waals surface area contributed by atoms with Gasteiger partial charge in [0.1, 0.15) is 0 Å². The molecule has 2 amide bonds. The summed E-state index contributed by atoms with van der Waals surface area (Å²) in [5.41, 5.74) is 3.66. The zero-order chi connectivity index (χ0) is 19.2. The largest absolute Gasteiger partial charge is 0.416 e. The monoisotopic (exact) mass is 380 g/mol. The van der Waals surface area contributed by atoms with Crippen molar-refractivity contribution in [1.82, 2.24) is 10.9 Å². The predicted octanol–water partition coefficient (Wildman–Crippen LogP) is 4.07. The number of carbonyl (C=O) groups is 2. The lowest BCUT2D eigenvalue weighted by Gasteiger charge is -2.56. The molecule has 4 aliphatic carbocycles. The van der Waals surface area contributed by atoms with Crippen molar-refractivity contribution in [1.29, 1.82) is 0 Å². The molecule has 0 saturated heterocycles. The maximum absolute atomic E-state index is 12.8. The normalized spacial score (nSPS) is 31.6. The van der Waals surface area contributed by atoms with Crippen molar-refractivity contribution in [2.24, 2.45) is 23.2 Å². The molecule has 4 saturated carbocycles. The Balaban J connectivity index is 1.34. The van der Waals surface area contributed by atoms with Gasteiger partial charge in [0, 0.05) is 12.0 Å². The van der Waals surface area contributed by atoms with Crippen molar-refractivity contribution >= 4 is 11.8 Å². The van der Waals surface area contributed by atoms with Crippen LogP contribution in [0.1, 0.15) is 60.9 Å². The highest BCUT2D eigenvalue weighted by molar-refractivity contribution is 5.95. The molecule has 4 aliphatic rings. The molecule has 4 nitrogen and oxygen atoms in total. The highest BCUT2D eigenvalue weighted by Crippen LogP contribution is 2.61. The lowest BCUT2D eigenvalue weighted by Crippen LogP contribution is -2.50. The SMILES string of the molecule is O=C(CC12CC3CC(CC(C3)C1)C2)NNC(=O)c1cccc(C(F)(F)F)c1. The van der Waals surface area contributed by atoms with E-state index in [4.69, 9.17) is 0 Å². The van der Waals surface area contributed by atoms with Crippen molar-refractivity contribution < 1.29 is 22.8 Å². The Kier molecular flexibility index (Phi) is 4.43. The number of alkyl halides is 3. The van der Waals surface area contributed by atoms with Gasteiger partial charge in [0.05, 0.1) is 5.56 Å². The topological polar surface area (TPSA) is 58.2 Å². The maximum Gasteiger partial charge on any atom is 0.416 e. The Hall–Kier alpha value is -2.05. The quantitative estimate of drug-likeness (QED) is 0.777. The smallest absolute Gasteiger partial charge is 0.273 e. The molecule has 0 heterocycles. The molecule has 0 aromatic heterocycles. The van der Waals surface area contributed by atoms with Crippen LogP contribution in [0.4, 0.5) is 13.2 Å². The molecule has 146 valence electrons. The van der Waals surface area contributed by atoms with Gasteiger partial charge in [-0.2, -0.15) is 13.2 Å². The molecule has 1 aromatic carbocycles. The summed E-state index contributed by atoms with van der Waals surface area (Å²) in [4.78, 5) is 24.5. The molecule has 4 fully saturated rings. The Morgan fingerprint density at radius 2 is 1.59 bits per heavy atom. The first-order chi connectivity index (χ1) is 12.7. The van der Waals surface area contributed by atoms with Crippen LogP contribution in [0, 0.1) is 23.2 Å². The number of hydrogen-bond acceptors (Lipinski definition) is 2. The fourth-order valence-corrected chi connectivity index (χ4v) is 5.93. The van der Waals surface area contributed by atoms with E-state index in [0.717, 1.165) is 49.1 Å². The van der Waals surface area contributed by atoms with Crippen LogP contribution in [0.15, 0.2) is 24.3 Å². The van der Waals surface area contributed by atoms with Crippen molar-refractivity contribution in [3.63, 3.8) is 0 Å². The molecule has 0 spiro atoms. The van der Waals surface area contributed by atoms with Crippen LogP contribution in [0.25, 0.3) is 0 Å². The molecular formula is C20H23F3N2O2. The average Bonchev–Trinajstić information content (AvgIpc) is 2.57. The third-order valence-corrected chi connectivity index (χ3v) is 6.47. The summed E-state index contributed by atoms with van der Waals surface area (Å²) in [7, 11) is 0. The van der Waals surface area contributed by atoms with Crippen molar-refractivity contribution in [3.05, 3.63) is 35.4 Å². The van der Waals surface area contributed by atoms with E-state index in [1.54, 1.807) is 0 Å². The number of amides is 2. The van der Waals surface area contributed by atoms with Gasteiger partial charge < -0.3 is 0 Å². The molecule has 1 aromatic rings. The number of rotatable bonds is 3. The minimum atomic E-state index is -4.52. The van der Waals surface area contributed by atoms with E-state index in [9.17, 15) is 22.8 Å². The predicted molar refractivity (Wildman–Crippen MR) is 92.3 cm³/mol. The Bertz CT molecular complexity index is 725. The van der Waals surface area contributed by atoms with Gasteiger partial charge >= 0.3 is 6.18 Å². The molecule has 0 radical (unpaired) electrons. The molecule has 27 heavy (non-hydrogen) atoms. The van der Waals surface area contributed by atoms with Gasteiger partial charge in [0.15, 0.2) is 0 Å². The lowest BCUT2D eigenvalue weighted by atomic mass is 9.49. The molecule has 0 aliphatic heterocycles. The second-order valence-corrected chi connectivity index (χ2v) is 8.68. The van der Waals surface area contributed by atoms with E-state index < -0.39 is 17.6 Å². The summed E-state index contributed by atoms with van der Waals surface area (Å²) < 4.78 is 38.3. The fraction of sp³-hybridized carbons (Fsp3) is 0.600. The van der Waals surface area contributed by atoms with E-state index in [2.05, 4.69) is 10.9 Å². The summed E-state index contributed by atoms with van der Waals surface area (Å²) >= 11 is 0. The molecule has 0 atom stereocenters. The van der Waals surface area contributed by atoms with E-state index >= 15 is 0 Å². The first kappa shape index (κ1) is 18.3. The number of carbonyl (C=O) groups excluding carboxylic acids is 2. The van der Waals surface area contributed by atoms with Gasteiger partial charge in [-0.15, -0.1) is 0 Å². The number of nitrogens with one attached hydrogen (secondary N) is 2. The standard InChI is InChI=1S/C20H23F3N2O2/c21-20(22,23)16-3-1-2-15(7-16)18(27)25-24-17(26)11-19-8-12-4-13(9-19)6-14(5-12)10-19/h1-3,7,12-14H,4-6,8-11H2,(H,24,26)(H,25,27). The van der Waals surface area contributed by atoms with Crippen molar-refractivity contribution in [3.8, 4) is 0 Å². The van der Waals surface area contributed by atoms with E-state index in [0.29, 0.717) is 6.42 Å². The van der Waals surface area contributed by atoms with Crippen molar-refractivity contribution in [2.75, 3.05) is 0 Å². The Morgan fingerprint density at radius 3 is 2.15 bits per heavy atom. The highest BCUT2D eigenvalue weighted by Gasteiger charge is 2.51. The van der Waals surface area contributed by atoms with Crippen LogP contribution in [-0.2, 0) is 11.0 Å². The van der Waals surface area contributed by atoms with E-state index in [1.807, 2.05) is 0 Å². The zero-order valence-electron chi connectivity index (χ0n) is 14.9. The van der Waals surface area contributed by atoms with Crippen LogP contribution >= 0.6 is 0 Å². The summed E-state index contributed by atoms with van der Waals surface area (Å²) in [6, 6.07) is 4.15. The molecule has 2 N–H and O–H groups in total.